The number of rotatable bonds is 11. The first-order valence-electron chi connectivity index (χ1n) is 22.4. The molecule has 0 saturated heterocycles. The normalized spacial score (nSPS) is 29.9. The van der Waals surface area contributed by atoms with Crippen molar-refractivity contribution < 1.29 is 15.6 Å². The summed E-state index contributed by atoms with van der Waals surface area (Å²) < 4.78 is 0.310. The fraction of sp³-hybridized carbons (Fsp3) is 0.462. The molecule has 4 saturated carbocycles. The van der Waals surface area contributed by atoms with Crippen molar-refractivity contribution in [2.24, 2.45) is 22.7 Å². The summed E-state index contributed by atoms with van der Waals surface area (Å²) in [6.07, 6.45) is 22.8. The van der Waals surface area contributed by atoms with E-state index in [1.165, 1.54) is 139 Å². The molecule has 3 atom stereocenters. The monoisotopic (exact) mass is 873 g/mol. The summed E-state index contributed by atoms with van der Waals surface area (Å²) in [6, 6.07) is 34.1. The molecule has 10 rings (SSSR count). The van der Waals surface area contributed by atoms with E-state index in [4.69, 9.17) is 0 Å². The topological polar surface area (TPSA) is 0 Å². The van der Waals surface area contributed by atoms with Crippen LogP contribution in [0.15, 0.2) is 96.1 Å². The Bertz CT molecular complexity index is 2080. The Balaban J connectivity index is 1.20. The van der Waals surface area contributed by atoms with Gasteiger partial charge in [0.15, 0.2) is 0 Å². The van der Waals surface area contributed by atoms with E-state index in [0.717, 1.165) is 18.3 Å². The summed E-state index contributed by atoms with van der Waals surface area (Å²) in [5.74, 6) is 0.116. The molecular weight excluding hydrogens is 815 g/mol. The van der Waals surface area contributed by atoms with Crippen LogP contribution in [-0.2, 0) is 15.6 Å². The number of allylic oxidation sites excluding steroid dienone is 2. The van der Waals surface area contributed by atoms with Gasteiger partial charge in [-0.1, -0.05) is 0 Å². The molecule has 6 aliphatic carbocycles. The van der Waals surface area contributed by atoms with E-state index < -0.39 is 21.5 Å². The van der Waals surface area contributed by atoms with Crippen LogP contribution in [0.2, 0.25) is 12.6 Å². The number of hydrogen-bond acceptors (Lipinski definition) is 0. The third kappa shape index (κ3) is 6.10. The van der Waals surface area contributed by atoms with E-state index in [1.807, 2.05) is 0 Å². The molecule has 0 spiro atoms. The molecule has 0 nitrogen and oxygen atoms in total. The van der Waals surface area contributed by atoms with Gasteiger partial charge in [0.1, 0.15) is 0 Å². The first-order valence-corrected chi connectivity index (χ1v) is 38.3. The zero-order valence-corrected chi connectivity index (χ0v) is 39.4. The predicted molar refractivity (Wildman–Crippen MR) is 242 cm³/mol. The van der Waals surface area contributed by atoms with Crippen molar-refractivity contribution >= 4 is 35.1 Å². The van der Waals surface area contributed by atoms with Gasteiger partial charge < -0.3 is 0 Å². The molecule has 0 amide bonds. The molecular formula is C52H61Cl2SiZr. The predicted octanol–water partition coefficient (Wildman–Crippen LogP) is 15.9. The van der Waals surface area contributed by atoms with Crippen LogP contribution < -0.4 is 0 Å². The van der Waals surface area contributed by atoms with E-state index in [9.17, 15) is 17.0 Å². The Morgan fingerprint density at radius 1 is 0.607 bits per heavy atom. The van der Waals surface area contributed by atoms with Crippen molar-refractivity contribution in [2.45, 2.75) is 124 Å². The average Bonchev–Trinajstić information content (AvgIpc) is 4.06. The van der Waals surface area contributed by atoms with Crippen molar-refractivity contribution in [3.8, 4) is 22.3 Å². The maximum atomic E-state index is 9.34. The molecule has 56 heavy (non-hydrogen) atoms. The van der Waals surface area contributed by atoms with Gasteiger partial charge in [-0.25, -0.2) is 0 Å². The van der Waals surface area contributed by atoms with E-state index in [0.29, 0.717) is 10.8 Å². The first kappa shape index (κ1) is 38.3. The fourth-order valence-electron chi connectivity index (χ4n) is 13.9. The minimum atomic E-state index is -5.08. The van der Waals surface area contributed by atoms with Crippen LogP contribution in [-0.4, -0.2) is 5.92 Å². The van der Waals surface area contributed by atoms with Crippen LogP contribution in [0.4, 0.5) is 0 Å². The number of hydrogen-bond donors (Lipinski definition) is 0. The second kappa shape index (κ2) is 14.1. The van der Waals surface area contributed by atoms with Crippen LogP contribution in [0.5, 0.6) is 0 Å². The van der Waals surface area contributed by atoms with Crippen molar-refractivity contribution in [3.05, 3.63) is 129 Å². The molecule has 3 unspecified atom stereocenters. The van der Waals surface area contributed by atoms with Gasteiger partial charge in [0.05, 0.1) is 0 Å². The molecule has 0 heterocycles. The molecule has 0 aliphatic heterocycles. The quantitative estimate of drug-likeness (QED) is 0.132. The summed E-state index contributed by atoms with van der Waals surface area (Å²) in [4.78, 5) is 0. The van der Waals surface area contributed by atoms with E-state index in [-0.39, 0.29) is 7.25 Å². The molecule has 4 aromatic carbocycles. The summed E-state index contributed by atoms with van der Waals surface area (Å²) in [7, 11) is 18.7. The van der Waals surface area contributed by atoms with Crippen LogP contribution in [0, 0.1) is 36.5 Å². The second-order valence-corrected chi connectivity index (χ2v) is 61.5. The Morgan fingerprint density at radius 2 is 1.02 bits per heavy atom. The number of halogens is 2. The van der Waals surface area contributed by atoms with Crippen molar-refractivity contribution in [3.63, 3.8) is 0 Å². The van der Waals surface area contributed by atoms with Gasteiger partial charge in [0.25, 0.3) is 0 Å². The van der Waals surface area contributed by atoms with Crippen LogP contribution in [0.3, 0.4) is 0 Å². The standard InChI is InChI=1S/2C24H25.C4H11Si.2ClH.Zr/c2*1-17-5-7-20(8-6-17)22-4-2-3-21-13-19(14-23(21)22)16-24-11-9-18(15-24)10-12-24;1-3-4-5-2;;;/h2*2-8,13-14,18H,9-12,15-16H2,1H3;5H,3-4H2,1-2H3;2*1H;/q;;;;;+2/p-2. The van der Waals surface area contributed by atoms with Crippen molar-refractivity contribution in [1.29, 1.82) is 0 Å². The Labute approximate surface area is 346 Å². The van der Waals surface area contributed by atoms with Crippen LogP contribution in [0.25, 0.3) is 34.4 Å². The van der Waals surface area contributed by atoms with Gasteiger partial charge in [-0.2, -0.15) is 0 Å². The third-order valence-electron chi connectivity index (χ3n) is 16.7. The molecule has 4 aromatic rings. The van der Waals surface area contributed by atoms with Gasteiger partial charge in [0, 0.05) is 0 Å². The Morgan fingerprint density at radius 3 is 1.38 bits per heavy atom. The first-order chi connectivity index (χ1) is 27.0. The average molecular weight is 876 g/mol. The van der Waals surface area contributed by atoms with Gasteiger partial charge in [-0.05, 0) is 0 Å². The van der Waals surface area contributed by atoms with Crippen molar-refractivity contribution in [1.82, 2.24) is 0 Å². The molecule has 4 heteroatoms. The van der Waals surface area contributed by atoms with Gasteiger partial charge in [0.2, 0.25) is 0 Å². The molecule has 0 N–H and O–H groups in total. The zero-order valence-electron chi connectivity index (χ0n) is 34.3. The number of aryl methyl sites for hydroxylation is 2. The molecule has 0 aromatic heterocycles. The van der Waals surface area contributed by atoms with Gasteiger partial charge >= 0.3 is 349 Å². The summed E-state index contributed by atoms with van der Waals surface area (Å²) in [5.41, 5.74) is 17.8. The van der Waals surface area contributed by atoms with Gasteiger partial charge in [-0.3, -0.25) is 0 Å². The third-order valence-corrected chi connectivity index (χ3v) is 67.2. The minimum absolute atomic E-state index is 0.155. The molecule has 6 aliphatic rings. The Hall–Kier alpha value is -1.96. The molecule has 291 valence electrons. The maximum absolute atomic E-state index is 9.34. The van der Waals surface area contributed by atoms with Crippen LogP contribution >= 0.6 is 17.0 Å². The fourth-order valence-corrected chi connectivity index (χ4v) is 55.1. The van der Waals surface area contributed by atoms with E-state index in [1.54, 1.807) is 11.1 Å². The van der Waals surface area contributed by atoms with E-state index in [2.05, 4.69) is 124 Å². The second-order valence-electron chi connectivity index (χ2n) is 20.2. The number of benzene rings is 4. The van der Waals surface area contributed by atoms with Crippen molar-refractivity contribution in [2.75, 3.05) is 0 Å². The summed E-state index contributed by atoms with van der Waals surface area (Å²) in [6.45, 7) is 9.43. The van der Waals surface area contributed by atoms with Crippen LogP contribution in [0.1, 0.15) is 131 Å². The molecule has 4 bridgehead atoms. The molecule has 0 radical (unpaired) electrons. The van der Waals surface area contributed by atoms with Gasteiger partial charge in [-0.15, -0.1) is 0 Å². The zero-order chi connectivity index (χ0) is 38.5. The SMILES string of the molecule is CCC[SiH](C)[Zr]([Cl])([Cl])([CH]1C(CC23CCC(CC2)C3)=Cc2c(-c3ccc(C)cc3)cccc21)[CH]1C(CC23CCC(CC2)C3)=Cc2c(-c3ccc(C)cc3)cccc21. The summed E-state index contributed by atoms with van der Waals surface area (Å²) >= 11 is -5.08. The Kier molecular flexibility index (Phi) is 9.61. The van der Waals surface area contributed by atoms with E-state index >= 15 is 0 Å². The molecule has 4 fully saturated rings. The summed E-state index contributed by atoms with van der Waals surface area (Å²) in [5, 5.41) is 0. The number of fused-ring (bicyclic) bond motifs is 6.